The molecule has 172 valence electrons. The fourth-order valence-corrected chi connectivity index (χ4v) is 5.02. The van der Waals surface area contributed by atoms with Crippen LogP contribution in [0.5, 0.6) is 0 Å². The normalized spacial score (nSPS) is 23.6. The minimum Gasteiger partial charge on any atom is -0.444 e. The van der Waals surface area contributed by atoms with Gasteiger partial charge in [-0.1, -0.05) is 60.7 Å². The van der Waals surface area contributed by atoms with E-state index < -0.39 is 23.0 Å². The molecule has 0 N–H and O–H groups in total. The third kappa shape index (κ3) is 4.51. The van der Waals surface area contributed by atoms with Crippen molar-refractivity contribution >= 4 is 6.09 Å². The molecule has 6 heteroatoms. The summed E-state index contributed by atoms with van der Waals surface area (Å²) in [6.07, 6.45) is -0.495. The van der Waals surface area contributed by atoms with Gasteiger partial charge in [0.25, 0.3) is 5.92 Å². The number of ether oxygens (including phenoxy) is 1. The third-order valence-electron chi connectivity index (χ3n) is 6.60. The lowest BCUT2D eigenvalue weighted by Gasteiger charge is -2.46. The lowest BCUT2D eigenvalue weighted by molar-refractivity contribution is -0.159. The molecule has 2 aliphatic heterocycles. The topological polar surface area (TPSA) is 32.8 Å². The summed E-state index contributed by atoms with van der Waals surface area (Å²) in [6.45, 7) is 6.19. The third-order valence-corrected chi connectivity index (χ3v) is 6.60. The van der Waals surface area contributed by atoms with Gasteiger partial charge in [-0.3, -0.25) is 4.90 Å². The average Bonchev–Trinajstić information content (AvgIpc) is 3.16. The molecule has 4 nitrogen and oxygen atoms in total. The highest BCUT2D eigenvalue weighted by molar-refractivity contribution is 5.68. The van der Waals surface area contributed by atoms with Crippen LogP contribution in [-0.4, -0.2) is 53.6 Å². The number of halogens is 2. The second-order valence-electron chi connectivity index (χ2n) is 10.1. The van der Waals surface area contributed by atoms with Gasteiger partial charge in [-0.25, -0.2) is 13.6 Å². The maximum atomic E-state index is 15.4. The van der Waals surface area contributed by atoms with Crippen molar-refractivity contribution in [2.75, 3.05) is 26.2 Å². The number of hydrogen-bond donors (Lipinski definition) is 0. The van der Waals surface area contributed by atoms with Gasteiger partial charge in [0.15, 0.2) is 0 Å². The Hall–Kier alpha value is -2.47. The van der Waals surface area contributed by atoms with Crippen LogP contribution >= 0.6 is 0 Å². The quantitative estimate of drug-likeness (QED) is 0.607. The minimum atomic E-state index is -2.84. The lowest BCUT2D eigenvalue weighted by atomic mass is 9.75. The summed E-state index contributed by atoms with van der Waals surface area (Å²) in [5.41, 5.74) is 0.236. The highest BCUT2D eigenvalue weighted by Crippen LogP contribution is 2.51. The predicted molar refractivity (Wildman–Crippen MR) is 121 cm³/mol. The summed E-state index contributed by atoms with van der Waals surface area (Å²) >= 11 is 0. The van der Waals surface area contributed by atoms with Gasteiger partial charge in [0.1, 0.15) is 5.60 Å². The highest BCUT2D eigenvalue weighted by atomic mass is 19.3. The summed E-state index contributed by atoms with van der Waals surface area (Å²) < 4.78 is 36.2. The van der Waals surface area contributed by atoms with Crippen LogP contribution in [0.3, 0.4) is 0 Å². The molecule has 1 unspecified atom stereocenters. The molecular formula is C26H32F2N2O2. The number of hydrogen-bond acceptors (Lipinski definition) is 3. The molecule has 4 rings (SSSR count). The van der Waals surface area contributed by atoms with Gasteiger partial charge in [0, 0.05) is 26.1 Å². The molecule has 0 saturated carbocycles. The van der Waals surface area contributed by atoms with E-state index in [9.17, 15) is 4.79 Å². The largest absolute Gasteiger partial charge is 0.444 e. The molecule has 32 heavy (non-hydrogen) atoms. The van der Waals surface area contributed by atoms with E-state index in [4.69, 9.17) is 4.74 Å². The fourth-order valence-electron chi connectivity index (χ4n) is 5.02. The van der Waals surface area contributed by atoms with Crippen molar-refractivity contribution in [3.63, 3.8) is 0 Å². The summed E-state index contributed by atoms with van der Waals surface area (Å²) in [5, 5.41) is 0. The Balaban J connectivity index is 1.61. The van der Waals surface area contributed by atoms with Gasteiger partial charge >= 0.3 is 6.09 Å². The van der Waals surface area contributed by atoms with E-state index in [1.807, 2.05) is 36.4 Å². The van der Waals surface area contributed by atoms with E-state index >= 15 is 8.78 Å². The number of benzene rings is 2. The smallest absolute Gasteiger partial charge is 0.410 e. The van der Waals surface area contributed by atoms with Gasteiger partial charge in [0.2, 0.25) is 0 Å². The zero-order valence-electron chi connectivity index (χ0n) is 19.1. The van der Waals surface area contributed by atoms with E-state index in [1.54, 1.807) is 20.8 Å². The van der Waals surface area contributed by atoms with Crippen molar-refractivity contribution < 1.29 is 18.3 Å². The minimum absolute atomic E-state index is 0.0156. The monoisotopic (exact) mass is 442 g/mol. The molecule has 0 radical (unpaired) electrons. The summed E-state index contributed by atoms with van der Waals surface area (Å²) in [6, 6.07) is 20.0. The summed E-state index contributed by atoms with van der Waals surface area (Å²) in [5.74, 6) is -2.84. The van der Waals surface area contributed by atoms with Crippen LogP contribution in [0.15, 0.2) is 60.7 Å². The van der Waals surface area contributed by atoms with Crippen LogP contribution in [0.2, 0.25) is 0 Å². The Labute approximate surface area is 189 Å². The Bertz CT molecular complexity index is 890. The number of carbonyl (C=O) groups excluding carboxylic acids is 1. The number of amides is 1. The lowest BCUT2D eigenvalue weighted by Crippen LogP contribution is -2.58. The molecule has 2 fully saturated rings. The zero-order chi connectivity index (χ0) is 23.0. The molecule has 0 aromatic heterocycles. The first-order chi connectivity index (χ1) is 15.1. The predicted octanol–water partition coefficient (Wildman–Crippen LogP) is 5.74. The first kappa shape index (κ1) is 22.7. The molecule has 1 amide bonds. The van der Waals surface area contributed by atoms with E-state index in [2.05, 4.69) is 29.2 Å². The standard InChI is InChI=1S/C26H32F2N2O2/c1-24(2,3)32-23(31)30-17-15-26(27,28)25(19-30)14-16-29(18-25)22(20-10-6-4-7-11-20)21-12-8-5-9-13-21/h4-13,22H,14-19H2,1-3H3. The molecule has 2 aromatic carbocycles. The van der Waals surface area contributed by atoms with Gasteiger partial charge in [-0.2, -0.15) is 0 Å². The maximum Gasteiger partial charge on any atom is 0.410 e. The molecule has 2 aliphatic rings. The summed E-state index contributed by atoms with van der Waals surface area (Å²) in [7, 11) is 0. The molecule has 0 bridgehead atoms. The maximum absolute atomic E-state index is 15.4. The Kier molecular flexibility index (Phi) is 6.01. The Morgan fingerprint density at radius 2 is 1.47 bits per heavy atom. The van der Waals surface area contributed by atoms with Crippen LogP contribution in [0, 0.1) is 5.41 Å². The number of nitrogens with zero attached hydrogens (tertiary/aromatic N) is 2. The van der Waals surface area contributed by atoms with Gasteiger partial charge in [-0.15, -0.1) is 0 Å². The molecular weight excluding hydrogens is 410 g/mol. The number of likely N-dealkylation sites (tertiary alicyclic amines) is 2. The Morgan fingerprint density at radius 3 is 2.00 bits per heavy atom. The van der Waals surface area contributed by atoms with Gasteiger partial charge in [0.05, 0.1) is 11.5 Å². The van der Waals surface area contributed by atoms with Gasteiger partial charge in [-0.05, 0) is 44.9 Å². The first-order valence-electron chi connectivity index (χ1n) is 11.3. The van der Waals surface area contributed by atoms with E-state index in [1.165, 1.54) is 4.90 Å². The van der Waals surface area contributed by atoms with Crippen molar-refractivity contribution in [2.24, 2.45) is 5.41 Å². The zero-order valence-corrected chi connectivity index (χ0v) is 19.1. The van der Waals surface area contributed by atoms with Crippen LogP contribution in [-0.2, 0) is 4.74 Å². The van der Waals surface area contributed by atoms with Crippen LogP contribution < -0.4 is 0 Å². The number of rotatable bonds is 3. The molecule has 2 heterocycles. The molecule has 2 aromatic rings. The van der Waals surface area contributed by atoms with Crippen molar-refractivity contribution in [2.45, 2.75) is 51.2 Å². The average molecular weight is 443 g/mol. The summed E-state index contributed by atoms with van der Waals surface area (Å²) in [4.78, 5) is 16.3. The Morgan fingerprint density at radius 1 is 0.906 bits per heavy atom. The van der Waals surface area contributed by atoms with Crippen molar-refractivity contribution in [1.82, 2.24) is 9.80 Å². The number of carbonyl (C=O) groups is 1. The number of piperidine rings is 1. The van der Waals surface area contributed by atoms with Crippen LogP contribution in [0.25, 0.3) is 0 Å². The van der Waals surface area contributed by atoms with Gasteiger partial charge < -0.3 is 9.64 Å². The number of alkyl halides is 2. The molecule has 0 aliphatic carbocycles. The SMILES string of the molecule is CC(C)(C)OC(=O)N1CCC(F)(F)C2(CCN(C(c3ccccc3)c3ccccc3)C2)C1. The van der Waals surface area contributed by atoms with Crippen molar-refractivity contribution in [3.8, 4) is 0 Å². The van der Waals surface area contributed by atoms with Crippen LogP contribution in [0.4, 0.5) is 13.6 Å². The molecule has 1 spiro atoms. The molecule has 2 saturated heterocycles. The van der Waals surface area contributed by atoms with Crippen LogP contribution in [0.1, 0.15) is 50.8 Å². The van der Waals surface area contributed by atoms with E-state index in [-0.39, 0.29) is 32.1 Å². The van der Waals surface area contributed by atoms with E-state index in [0.717, 1.165) is 11.1 Å². The van der Waals surface area contributed by atoms with Crippen molar-refractivity contribution in [1.29, 1.82) is 0 Å². The second kappa shape index (κ2) is 8.47. The van der Waals surface area contributed by atoms with E-state index in [0.29, 0.717) is 13.0 Å². The second-order valence-corrected chi connectivity index (χ2v) is 10.1. The first-order valence-corrected chi connectivity index (χ1v) is 11.3. The fraction of sp³-hybridized carbons (Fsp3) is 0.500. The highest BCUT2D eigenvalue weighted by Gasteiger charge is 2.60. The van der Waals surface area contributed by atoms with Crippen molar-refractivity contribution in [3.05, 3.63) is 71.8 Å². The molecule has 1 atom stereocenters.